The molecule has 0 aliphatic rings. The summed E-state index contributed by atoms with van der Waals surface area (Å²) in [4.78, 5) is 11.0. The van der Waals surface area contributed by atoms with Crippen LogP contribution in [0, 0.1) is 0 Å². The van der Waals surface area contributed by atoms with Crippen molar-refractivity contribution in [2.24, 2.45) is 0 Å². The first-order valence-electron chi connectivity index (χ1n) is 3.94. The van der Waals surface area contributed by atoms with Gasteiger partial charge in [-0.2, -0.15) is 0 Å². The lowest BCUT2D eigenvalue weighted by Gasteiger charge is -2.01. The van der Waals surface area contributed by atoms with Crippen LogP contribution in [-0.2, 0) is 6.42 Å². The average Bonchev–Trinajstić information content (AvgIpc) is 2.03. The molecule has 1 aromatic rings. The summed E-state index contributed by atoms with van der Waals surface area (Å²) in [6.07, 6.45) is 0.942. The molecule has 0 radical (unpaired) electrons. The summed E-state index contributed by atoms with van der Waals surface area (Å²) >= 11 is 5.88. The van der Waals surface area contributed by atoms with Crippen molar-refractivity contribution < 1.29 is 4.79 Å². The zero-order valence-electron chi connectivity index (χ0n) is 7.23. The van der Waals surface area contributed by atoms with Gasteiger partial charge in [-0.05, 0) is 31.0 Å². The first-order valence-corrected chi connectivity index (χ1v) is 4.32. The van der Waals surface area contributed by atoms with Gasteiger partial charge in [0.05, 0.1) is 5.02 Å². The Morgan fingerprint density at radius 3 is 2.58 bits per heavy atom. The Balaban J connectivity index is 3.12. The molecule has 0 amide bonds. The fraction of sp³-hybridized carbons (Fsp3) is 0.300. The van der Waals surface area contributed by atoms with E-state index in [1.54, 1.807) is 6.07 Å². The Kier molecular flexibility index (Phi) is 2.88. The summed E-state index contributed by atoms with van der Waals surface area (Å²) in [5.41, 5.74) is 1.76. The molecule has 1 rings (SSSR count). The van der Waals surface area contributed by atoms with Gasteiger partial charge >= 0.3 is 0 Å². The van der Waals surface area contributed by atoms with Crippen LogP contribution in [0.5, 0.6) is 0 Å². The van der Waals surface area contributed by atoms with Crippen LogP contribution >= 0.6 is 11.6 Å². The van der Waals surface area contributed by atoms with E-state index in [1.807, 2.05) is 12.1 Å². The summed E-state index contributed by atoms with van der Waals surface area (Å²) in [6, 6.07) is 5.56. The number of carbonyl (C=O) groups is 1. The zero-order valence-corrected chi connectivity index (χ0v) is 7.98. The quantitative estimate of drug-likeness (QED) is 0.643. The Morgan fingerprint density at radius 1 is 1.50 bits per heavy atom. The molecule has 2 heteroatoms. The zero-order chi connectivity index (χ0) is 9.14. The molecule has 0 saturated carbocycles. The van der Waals surface area contributed by atoms with E-state index in [0.29, 0.717) is 10.6 Å². The summed E-state index contributed by atoms with van der Waals surface area (Å²) in [5, 5.41) is 0.557. The molecule has 1 aromatic carbocycles. The predicted molar refractivity (Wildman–Crippen MR) is 50.8 cm³/mol. The minimum atomic E-state index is 0.0163. The maximum Gasteiger partial charge on any atom is 0.161 e. The number of ketones is 1. The Bertz CT molecular complexity index is 305. The van der Waals surface area contributed by atoms with Crippen molar-refractivity contribution in [2.45, 2.75) is 20.3 Å². The van der Waals surface area contributed by atoms with E-state index in [9.17, 15) is 4.79 Å². The van der Waals surface area contributed by atoms with Gasteiger partial charge in [0.1, 0.15) is 0 Å². The Hall–Kier alpha value is -0.820. The van der Waals surface area contributed by atoms with Crippen LogP contribution in [0.2, 0.25) is 5.02 Å². The predicted octanol–water partition coefficient (Wildman–Crippen LogP) is 3.11. The third-order valence-corrected chi connectivity index (χ3v) is 2.13. The normalized spacial score (nSPS) is 9.92. The van der Waals surface area contributed by atoms with E-state index >= 15 is 0 Å². The van der Waals surface area contributed by atoms with Crippen LogP contribution < -0.4 is 0 Å². The highest BCUT2D eigenvalue weighted by Crippen LogP contribution is 2.18. The molecule has 0 heterocycles. The van der Waals surface area contributed by atoms with Gasteiger partial charge in [0.15, 0.2) is 5.78 Å². The number of halogens is 1. The third-order valence-electron chi connectivity index (χ3n) is 1.82. The number of carbonyl (C=O) groups excluding carboxylic acids is 1. The lowest BCUT2D eigenvalue weighted by Crippen LogP contribution is -1.93. The van der Waals surface area contributed by atoms with E-state index in [4.69, 9.17) is 11.6 Å². The molecule has 0 atom stereocenters. The molecule has 0 fully saturated rings. The first kappa shape index (κ1) is 9.27. The molecule has 0 saturated heterocycles. The van der Waals surface area contributed by atoms with E-state index in [0.717, 1.165) is 12.0 Å². The molecule has 64 valence electrons. The van der Waals surface area contributed by atoms with Gasteiger partial charge in [-0.25, -0.2) is 0 Å². The minimum absolute atomic E-state index is 0.0163. The molecule has 0 spiro atoms. The van der Waals surface area contributed by atoms with E-state index in [2.05, 4.69) is 6.92 Å². The molecule has 0 N–H and O–H groups in total. The summed E-state index contributed by atoms with van der Waals surface area (Å²) in [5.74, 6) is 0.0163. The fourth-order valence-electron chi connectivity index (χ4n) is 1.06. The molecule has 0 unspecified atom stereocenters. The van der Waals surface area contributed by atoms with E-state index in [1.165, 1.54) is 6.92 Å². The first-order chi connectivity index (χ1) is 5.65. The van der Waals surface area contributed by atoms with Gasteiger partial charge in [-0.3, -0.25) is 4.79 Å². The second-order valence-electron chi connectivity index (χ2n) is 2.72. The standard InChI is InChI=1S/C10H11ClO/c1-3-8-4-5-9(7(2)12)10(11)6-8/h4-6H,3H2,1-2H3. The molecular weight excluding hydrogens is 172 g/mol. The third kappa shape index (κ3) is 1.86. The van der Waals surface area contributed by atoms with Crippen molar-refractivity contribution in [3.8, 4) is 0 Å². The van der Waals surface area contributed by atoms with Crippen LogP contribution in [0.1, 0.15) is 29.8 Å². The molecule has 0 bridgehead atoms. The second-order valence-corrected chi connectivity index (χ2v) is 3.13. The van der Waals surface area contributed by atoms with Crippen LogP contribution in [0.3, 0.4) is 0 Å². The monoisotopic (exact) mass is 182 g/mol. The van der Waals surface area contributed by atoms with E-state index in [-0.39, 0.29) is 5.78 Å². The Morgan fingerprint density at radius 2 is 2.17 bits per heavy atom. The summed E-state index contributed by atoms with van der Waals surface area (Å²) in [6.45, 7) is 3.58. The highest BCUT2D eigenvalue weighted by atomic mass is 35.5. The highest BCUT2D eigenvalue weighted by Gasteiger charge is 2.04. The van der Waals surface area contributed by atoms with Crippen LogP contribution in [0.15, 0.2) is 18.2 Å². The SMILES string of the molecule is CCc1ccc(C(C)=O)c(Cl)c1. The van der Waals surface area contributed by atoms with Crippen molar-refractivity contribution in [2.75, 3.05) is 0 Å². The molecule has 0 aromatic heterocycles. The van der Waals surface area contributed by atoms with Crippen LogP contribution in [0.25, 0.3) is 0 Å². The van der Waals surface area contributed by atoms with Crippen molar-refractivity contribution in [3.63, 3.8) is 0 Å². The van der Waals surface area contributed by atoms with E-state index < -0.39 is 0 Å². The average molecular weight is 183 g/mol. The minimum Gasteiger partial charge on any atom is -0.294 e. The van der Waals surface area contributed by atoms with Crippen LogP contribution in [-0.4, -0.2) is 5.78 Å². The van der Waals surface area contributed by atoms with Crippen molar-refractivity contribution in [1.29, 1.82) is 0 Å². The number of Topliss-reactive ketones (excluding diaryl/α,β-unsaturated/α-hetero) is 1. The lowest BCUT2D eigenvalue weighted by atomic mass is 10.1. The summed E-state index contributed by atoms with van der Waals surface area (Å²) in [7, 11) is 0. The smallest absolute Gasteiger partial charge is 0.161 e. The van der Waals surface area contributed by atoms with Gasteiger partial charge < -0.3 is 0 Å². The number of rotatable bonds is 2. The molecule has 1 nitrogen and oxygen atoms in total. The van der Waals surface area contributed by atoms with Crippen molar-refractivity contribution in [3.05, 3.63) is 34.3 Å². The number of hydrogen-bond acceptors (Lipinski definition) is 1. The molecular formula is C10H11ClO. The van der Waals surface area contributed by atoms with Gasteiger partial charge in [0, 0.05) is 5.56 Å². The van der Waals surface area contributed by atoms with Crippen LogP contribution in [0.4, 0.5) is 0 Å². The van der Waals surface area contributed by atoms with Gasteiger partial charge in [-0.1, -0.05) is 24.6 Å². The number of benzene rings is 1. The van der Waals surface area contributed by atoms with Crippen molar-refractivity contribution in [1.82, 2.24) is 0 Å². The molecule has 0 aliphatic heterocycles. The van der Waals surface area contributed by atoms with Gasteiger partial charge in [-0.15, -0.1) is 0 Å². The van der Waals surface area contributed by atoms with Gasteiger partial charge in [0.25, 0.3) is 0 Å². The maximum absolute atomic E-state index is 11.0. The molecule has 0 aliphatic carbocycles. The Labute approximate surface area is 77.4 Å². The fourth-order valence-corrected chi connectivity index (χ4v) is 1.40. The lowest BCUT2D eigenvalue weighted by molar-refractivity contribution is 0.101. The maximum atomic E-state index is 11.0. The second kappa shape index (κ2) is 3.72. The summed E-state index contributed by atoms with van der Waals surface area (Å²) < 4.78 is 0. The largest absolute Gasteiger partial charge is 0.294 e. The van der Waals surface area contributed by atoms with Crippen molar-refractivity contribution >= 4 is 17.4 Å². The van der Waals surface area contributed by atoms with Gasteiger partial charge in [0.2, 0.25) is 0 Å². The topological polar surface area (TPSA) is 17.1 Å². The number of aryl methyl sites for hydroxylation is 1. The highest BCUT2D eigenvalue weighted by molar-refractivity contribution is 6.33. The molecule has 12 heavy (non-hydrogen) atoms. The number of hydrogen-bond donors (Lipinski definition) is 0.